The third-order valence-corrected chi connectivity index (χ3v) is 3.00. The summed E-state index contributed by atoms with van der Waals surface area (Å²) in [5.74, 6) is 0. The zero-order valence-electron chi connectivity index (χ0n) is 7.63. The quantitative estimate of drug-likeness (QED) is 0.588. The van der Waals surface area contributed by atoms with Crippen molar-refractivity contribution in [3.63, 3.8) is 0 Å². The van der Waals surface area contributed by atoms with Gasteiger partial charge in [0.2, 0.25) is 0 Å². The summed E-state index contributed by atoms with van der Waals surface area (Å²) in [5.41, 5.74) is 0. The Labute approximate surface area is 74.8 Å². The second-order valence-electron chi connectivity index (χ2n) is 3.87. The molecule has 0 aromatic rings. The molecule has 1 heteroatoms. The van der Waals surface area contributed by atoms with Crippen LogP contribution in [-0.2, 0) is 0 Å². The van der Waals surface area contributed by atoms with Gasteiger partial charge in [-0.15, -0.1) is 0 Å². The van der Waals surface area contributed by atoms with Gasteiger partial charge in [0.25, 0.3) is 0 Å². The first-order valence-electron chi connectivity index (χ1n) is 5.15. The first kappa shape index (κ1) is 8.06. The average Bonchev–Trinajstić information content (AvgIpc) is 2.21. The van der Waals surface area contributed by atoms with Gasteiger partial charge in [0.15, 0.2) is 0 Å². The molecule has 1 saturated heterocycles. The highest BCUT2D eigenvalue weighted by atomic mass is 15.2. The standard InChI is InChI=1S/C11H17N/c1-3-7-11(8-4-1)12-9-5-2-6-10-12/h1,3-4,7,11H,2,5-6,8-10H2/p+1. The van der Waals surface area contributed by atoms with Gasteiger partial charge in [-0.3, -0.25) is 0 Å². The van der Waals surface area contributed by atoms with Crippen LogP contribution in [0.25, 0.3) is 0 Å². The lowest BCUT2D eigenvalue weighted by Gasteiger charge is -2.29. The van der Waals surface area contributed by atoms with Crippen LogP contribution in [-0.4, -0.2) is 19.1 Å². The van der Waals surface area contributed by atoms with E-state index in [2.05, 4.69) is 24.3 Å². The summed E-state index contributed by atoms with van der Waals surface area (Å²) in [6.07, 6.45) is 14.6. The van der Waals surface area contributed by atoms with E-state index in [-0.39, 0.29) is 0 Å². The lowest BCUT2D eigenvalue weighted by molar-refractivity contribution is -0.923. The molecule has 0 spiro atoms. The summed E-state index contributed by atoms with van der Waals surface area (Å²) in [5, 5.41) is 0. The maximum Gasteiger partial charge on any atom is 0.110 e. The average molecular weight is 164 g/mol. The lowest BCUT2D eigenvalue weighted by atomic mass is 10.0. The van der Waals surface area contributed by atoms with Crippen molar-refractivity contribution < 1.29 is 4.90 Å². The molecule has 0 bridgehead atoms. The molecule has 2 aliphatic rings. The monoisotopic (exact) mass is 164 g/mol. The third-order valence-electron chi connectivity index (χ3n) is 3.00. The van der Waals surface area contributed by atoms with Crippen molar-refractivity contribution in [2.75, 3.05) is 13.1 Å². The first-order valence-corrected chi connectivity index (χ1v) is 5.15. The minimum Gasteiger partial charge on any atom is -0.329 e. The summed E-state index contributed by atoms with van der Waals surface area (Å²) >= 11 is 0. The van der Waals surface area contributed by atoms with Crippen LogP contribution >= 0.6 is 0 Å². The molecule has 1 atom stereocenters. The van der Waals surface area contributed by atoms with Gasteiger partial charge < -0.3 is 4.90 Å². The first-order chi connectivity index (χ1) is 5.97. The lowest BCUT2D eigenvalue weighted by Crippen LogP contribution is -3.16. The Morgan fingerprint density at radius 3 is 2.50 bits per heavy atom. The highest BCUT2D eigenvalue weighted by Crippen LogP contribution is 2.02. The van der Waals surface area contributed by atoms with Gasteiger partial charge in [-0.25, -0.2) is 0 Å². The highest BCUT2D eigenvalue weighted by Gasteiger charge is 2.21. The Bertz CT molecular complexity index is 187. The van der Waals surface area contributed by atoms with Crippen LogP contribution in [0.2, 0.25) is 0 Å². The molecule has 12 heavy (non-hydrogen) atoms. The van der Waals surface area contributed by atoms with Crippen LogP contribution in [0.5, 0.6) is 0 Å². The fraction of sp³-hybridized carbons (Fsp3) is 0.636. The highest BCUT2D eigenvalue weighted by molar-refractivity contribution is 5.11. The van der Waals surface area contributed by atoms with Crippen LogP contribution < -0.4 is 4.90 Å². The van der Waals surface area contributed by atoms with Gasteiger partial charge >= 0.3 is 0 Å². The molecule has 1 heterocycles. The van der Waals surface area contributed by atoms with Crippen molar-refractivity contribution in [2.24, 2.45) is 0 Å². The second-order valence-corrected chi connectivity index (χ2v) is 3.87. The van der Waals surface area contributed by atoms with E-state index >= 15 is 0 Å². The van der Waals surface area contributed by atoms with E-state index in [1.807, 2.05) is 4.90 Å². The molecular formula is C11H18N+. The maximum atomic E-state index is 2.38. The summed E-state index contributed by atoms with van der Waals surface area (Å²) in [6, 6.07) is 0.787. The van der Waals surface area contributed by atoms with E-state index in [9.17, 15) is 0 Å². The number of piperidine rings is 1. The smallest absolute Gasteiger partial charge is 0.110 e. The summed E-state index contributed by atoms with van der Waals surface area (Å²) < 4.78 is 0. The van der Waals surface area contributed by atoms with E-state index in [1.54, 1.807) is 0 Å². The molecule has 0 aromatic heterocycles. The van der Waals surface area contributed by atoms with Gasteiger partial charge in [0, 0.05) is 6.42 Å². The Kier molecular flexibility index (Phi) is 2.62. The van der Waals surface area contributed by atoms with Crippen molar-refractivity contribution in [3.05, 3.63) is 24.3 Å². The summed E-state index contributed by atoms with van der Waals surface area (Å²) in [4.78, 5) is 1.81. The number of rotatable bonds is 1. The SMILES string of the molecule is C1=CCC([NH+]2CCCCC2)C=C1. The second kappa shape index (κ2) is 3.90. The number of likely N-dealkylation sites (tertiary alicyclic amines) is 1. The molecular weight excluding hydrogens is 146 g/mol. The van der Waals surface area contributed by atoms with Crippen molar-refractivity contribution >= 4 is 0 Å². The molecule has 2 rings (SSSR count). The summed E-state index contributed by atoms with van der Waals surface area (Å²) in [6.45, 7) is 2.78. The van der Waals surface area contributed by atoms with Crippen LogP contribution in [0.1, 0.15) is 25.7 Å². The Morgan fingerprint density at radius 2 is 1.83 bits per heavy atom. The fourth-order valence-corrected chi connectivity index (χ4v) is 2.26. The van der Waals surface area contributed by atoms with Crippen molar-refractivity contribution in [1.82, 2.24) is 0 Å². The molecule has 1 aliphatic heterocycles. The minimum atomic E-state index is 0.787. The number of nitrogens with one attached hydrogen (secondary N) is 1. The maximum absolute atomic E-state index is 2.38. The van der Waals surface area contributed by atoms with Crippen molar-refractivity contribution in [2.45, 2.75) is 31.7 Å². The predicted molar refractivity (Wildman–Crippen MR) is 51.2 cm³/mol. The van der Waals surface area contributed by atoms with Gasteiger partial charge in [-0.1, -0.05) is 18.2 Å². The van der Waals surface area contributed by atoms with E-state index in [0.29, 0.717) is 0 Å². The molecule has 66 valence electrons. The molecule has 1 fully saturated rings. The van der Waals surface area contributed by atoms with Crippen LogP contribution in [0, 0.1) is 0 Å². The molecule has 0 amide bonds. The number of hydrogen-bond donors (Lipinski definition) is 1. The molecule has 1 aliphatic carbocycles. The van der Waals surface area contributed by atoms with Gasteiger partial charge in [-0.05, 0) is 25.3 Å². The van der Waals surface area contributed by atoms with Gasteiger partial charge in [0.1, 0.15) is 6.04 Å². The Balaban J connectivity index is 1.90. The fourth-order valence-electron chi connectivity index (χ4n) is 2.26. The molecule has 0 saturated carbocycles. The van der Waals surface area contributed by atoms with Crippen molar-refractivity contribution in [3.8, 4) is 0 Å². The van der Waals surface area contributed by atoms with Crippen LogP contribution in [0.15, 0.2) is 24.3 Å². The van der Waals surface area contributed by atoms with E-state index in [4.69, 9.17) is 0 Å². The summed E-state index contributed by atoms with van der Waals surface area (Å²) in [7, 11) is 0. The van der Waals surface area contributed by atoms with Crippen LogP contribution in [0.4, 0.5) is 0 Å². The Hall–Kier alpha value is -0.560. The topological polar surface area (TPSA) is 4.44 Å². The normalized spacial score (nSPS) is 30.8. The molecule has 1 unspecified atom stereocenters. The zero-order chi connectivity index (χ0) is 8.23. The van der Waals surface area contributed by atoms with Crippen molar-refractivity contribution in [1.29, 1.82) is 0 Å². The van der Waals surface area contributed by atoms with E-state index in [0.717, 1.165) is 6.04 Å². The largest absolute Gasteiger partial charge is 0.329 e. The molecule has 1 N–H and O–H groups in total. The third kappa shape index (κ3) is 1.78. The van der Waals surface area contributed by atoms with Crippen LogP contribution in [0.3, 0.4) is 0 Å². The zero-order valence-corrected chi connectivity index (χ0v) is 7.63. The van der Waals surface area contributed by atoms with E-state index < -0.39 is 0 Å². The Morgan fingerprint density at radius 1 is 1.00 bits per heavy atom. The number of quaternary nitrogens is 1. The number of hydrogen-bond acceptors (Lipinski definition) is 0. The van der Waals surface area contributed by atoms with Gasteiger partial charge in [-0.2, -0.15) is 0 Å². The molecule has 0 aromatic carbocycles. The van der Waals surface area contributed by atoms with Gasteiger partial charge in [0.05, 0.1) is 13.1 Å². The predicted octanol–water partition coefficient (Wildman–Crippen LogP) is 0.940. The number of allylic oxidation sites excluding steroid dienone is 2. The van der Waals surface area contributed by atoms with E-state index in [1.165, 1.54) is 38.8 Å². The molecule has 0 radical (unpaired) electrons. The molecule has 1 nitrogen and oxygen atoms in total. The minimum absolute atomic E-state index is 0.787.